The normalized spacial score (nSPS) is 29.3. The lowest BCUT2D eigenvalue weighted by Gasteiger charge is -2.47. The Balaban J connectivity index is 1.51. The lowest BCUT2D eigenvalue weighted by atomic mass is 9.67. The minimum absolute atomic E-state index is 0.0396. The van der Waals surface area contributed by atoms with E-state index in [2.05, 4.69) is 5.32 Å². The average molecular weight is 315 g/mol. The van der Waals surface area contributed by atoms with E-state index >= 15 is 0 Å². The highest BCUT2D eigenvalue weighted by Gasteiger charge is 2.54. The van der Waals surface area contributed by atoms with Crippen molar-refractivity contribution in [2.75, 3.05) is 20.3 Å². The Labute approximate surface area is 134 Å². The molecular formula is C18H21NO4. The van der Waals surface area contributed by atoms with Gasteiger partial charge in [-0.05, 0) is 37.6 Å². The molecule has 5 nitrogen and oxygen atoms in total. The highest BCUT2D eigenvalue weighted by atomic mass is 16.5. The lowest BCUT2D eigenvalue weighted by Crippen LogP contribution is -2.62. The average Bonchev–Trinajstić information content (AvgIpc) is 3.12. The van der Waals surface area contributed by atoms with E-state index in [1.807, 2.05) is 31.2 Å². The third kappa shape index (κ3) is 2.44. The summed E-state index contributed by atoms with van der Waals surface area (Å²) >= 11 is 0. The fourth-order valence-corrected chi connectivity index (χ4v) is 3.99. The molecule has 5 heteroatoms. The molecule has 2 aliphatic rings. The Morgan fingerprint density at radius 2 is 2.26 bits per heavy atom. The van der Waals surface area contributed by atoms with Crippen LogP contribution in [0.2, 0.25) is 0 Å². The van der Waals surface area contributed by atoms with E-state index < -0.39 is 0 Å². The first-order valence-corrected chi connectivity index (χ1v) is 8.09. The fraction of sp³-hybridized carbons (Fsp3) is 0.500. The molecule has 1 aromatic carbocycles. The van der Waals surface area contributed by atoms with Gasteiger partial charge in [-0.2, -0.15) is 0 Å². The van der Waals surface area contributed by atoms with Crippen molar-refractivity contribution in [1.82, 2.24) is 5.32 Å². The molecule has 4 rings (SSSR count). The summed E-state index contributed by atoms with van der Waals surface area (Å²) in [5.41, 5.74) is 1.47. The maximum absolute atomic E-state index is 12.6. The molecule has 23 heavy (non-hydrogen) atoms. The van der Waals surface area contributed by atoms with Crippen LogP contribution >= 0.6 is 0 Å². The Morgan fingerprint density at radius 3 is 3.09 bits per heavy atom. The van der Waals surface area contributed by atoms with Gasteiger partial charge >= 0.3 is 0 Å². The van der Waals surface area contributed by atoms with Gasteiger partial charge < -0.3 is 19.2 Å². The zero-order valence-corrected chi connectivity index (χ0v) is 13.4. The Kier molecular flexibility index (Phi) is 3.62. The molecule has 2 fully saturated rings. The molecule has 2 heterocycles. The Bertz CT molecular complexity index is 738. The van der Waals surface area contributed by atoms with Crippen LogP contribution < -0.4 is 5.32 Å². The topological polar surface area (TPSA) is 60.7 Å². The van der Waals surface area contributed by atoms with Gasteiger partial charge in [-0.1, -0.05) is 0 Å². The number of methoxy groups -OCH3 is 1. The molecule has 1 aliphatic carbocycles. The molecule has 1 N–H and O–H groups in total. The summed E-state index contributed by atoms with van der Waals surface area (Å²) in [5, 5.41) is 4.14. The molecule has 122 valence electrons. The first-order chi connectivity index (χ1) is 11.2. The fourth-order valence-electron chi connectivity index (χ4n) is 3.99. The van der Waals surface area contributed by atoms with Gasteiger partial charge in [0, 0.05) is 42.5 Å². The van der Waals surface area contributed by atoms with Crippen molar-refractivity contribution in [3.8, 4) is 0 Å². The van der Waals surface area contributed by atoms with Crippen LogP contribution in [0.1, 0.15) is 22.5 Å². The van der Waals surface area contributed by atoms with E-state index in [1.54, 1.807) is 7.11 Å². The number of rotatable bonds is 4. The van der Waals surface area contributed by atoms with Crippen molar-refractivity contribution in [1.29, 1.82) is 0 Å². The molecule has 0 bridgehead atoms. The number of amides is 1. The molecule has 1 aliphatic heterocycles. The van der Waals surface area contributed by atoms with Crippen LogP contribution in [-0.4, -0.2) is 38.4 Å². The van der Waals surface area contributed by atoms with Crippen molar-refractivity contribution in [3.63, 3.8) is 0 Å². The van der Waals surface area contributed by atoms with E-state index in [0.717, 1.165) is 29.8 Å². The second-order valence-electron chi connectivity index (χ2n) is 6.52. The van der Waals surface area contributed by atoms with Gasteiger partial charge in [0.05, 0.1) is 12.7 Å². The summed E-state index contributed by atoms with van der Waals surface area (Å²) in [6.07, 6.45) is 1.25. The van der Waals surface area contributed by atoms with E-state index in [0.29, 0.717) is 18.1 Å². The summed E-state index contributed by atoms with van der Waals surface area (Å²) in [5.74, 6) is 1.47. The molecule has 2 aromatic rings. The van der Waals surface area contributed by atoms with Gasteiger partial charge in [0.25, 0.3) is 5.91 Å². The summed E-state index contributed by atoms with van der Waals surface area (Å²) in [4.78, 5) is 12.6. The highest BCUT2D eigenvalue weighted by Crippen LogP contribution is 2.43. The number of aryl methyl sites for hydroxylation is 1. The summed E-state index contributed by atoms with van der Waals surface area (Å²) in [6.45, 7) is 3.30. The van der Waals surface area contributed by atoms with Gasteiger partial charge in [-0.25, -0.2) is 0 Å². The number of fused-ring (bicyclic) bond motifs is 2. The van der Waals surface area contributed by atoms with Crippen LogP contribution in [-0.2, 0) is 9.47 Å². The quantitative estimate of drug-likeness (QED) is 0.942. The molecule has 4 atom stereocenters. The zero-order chi connectivity index (χ0) is 16.0. The minimum atomic E-state index is -0.0396. The predicted molar refractivity (Wildman–Crippen MR) is 85.4 cm³/mol. The number of benzene rings is 1. The summed E-state index contributed by atoms with van der Waals surface area (Å²) in [7, 11) is 1.69. The van der Waals surface area contributed by atoms with Crippen LogP contribution in [0.15, 0.2) is 28.7 Å². The minimum Gasteiger partial charge on any atom is -0.461 e. The number of carbonyl (C=O) groups excluding carboxylic acids is 1. The maximum Gasteiger partial charge on any atom is 0.251 e. The first kappa shape index (κ1) is 14.7. The van der Waals surface area contributed by atoms with E-state index in [1.165, 1.54) is 0 Å². The number of hydrogen-bond donors (Lipinski definition) is 1. The molecule has 0 unspecified atom stereocenters. The smallest absolute Gasteiger partial charge is 0.251 e. The van der Waals surface area contributed by atoms with Gasteiger partial charge in [0.15, 0.2) is 0 Å². The van der Waals surface area contributed by atoms with E-state index in [4.69, 9.17) is 13.9 Å². The number of nitrogens with one attached hydrogen (secondary N) is 1. The first-order valence-electron chi connectivity index (χ1n) is 8.09. The van der Waals surface area contributed by atoms with Crippen molar-refractivity contribution < 1.29 is 18.7 Å². The van der Waals surface area contributed by atoms with Gasteiger partial charge in [0.2, 0.25) is 0 Å². The van der Waals surface area contributed by atoms with Crippen molar-refractivity contribution in [2.45, 2.75) is 25.5 Å². The molecule has 0 spiro atoms. The predicted octanol–water partition coefficient (Wildman–Crippen LogP) is 2.52. The highest BCUT2D eigenvalue weighted by molar-refractivity contribution is 5.98. The summed E-state index contributed by atoms with van der Waals surface area (Å²) in [6, 6.07) is 7.63. The van der Waals surface area contributed by atoms with E-state index in [9.17, 15) is 4.79 Å². The molecule has 0 radical (unpaired) electrons. The third-order valence-electron chi connectivity index (χ3n) is 5.09. The molecule has 1 saturated carbocycles. The monoisotopic (exact) mass is 315 g/mol. The van der Waals surface area contributed by atoms with Crippen LogP contribution in [0.3, 0.4) is 0 Å². The lowest BCUT2D eigenvalue weighted by molar-refractivity contribution is -0.0809. The number of ether oxygens (including phenoxy) is 2. The maximum atomic E-state index is 12.6. The number of carbonyl (C=O) groups is 1. The SMILES string of the molecule is COC[C@H]1[C@H](NC(=O)c2ccc3oc(C)cc3c2)[C@H]2CCO[C@H]21. The number of hydrogen-bond acceptors (Lipinski definition) is 4. The van der Waals surface area contributed by atoms with Crippen LogP contribution in [0, 0.1) is 18.8 Å². The molecule has 1 aromatic heterocycles. The zero-order valence-electron chi connectivity index (χ0n) is 13.4. The van der Waals surface area contributed by atoms with Crippen molar-refractivity contribution in [2.24, 2.45) is 11.8 Å². The van der Waals surface area contributed by atoms with Crippen LogP contribution in [0.4, 0.5) is 0 Å². The Morgan fingerprint density at radius 1 is 1.39 bits per heavy atom. The standard InChI is InChI=1S/C18H21NO4/c1-10-7-12-8-11(3-4-15(12)23-10)18(20)19-16-13-5-6-22-17(13)14(16)9-21-2/h3-4,7-8,13-14,16-17H,5-6,9H2,1-2H3,(H,19,20)/t13-,14+,16-,17-/m1/s1. The second kappa shape index (κ2) is 5.65. The Hall–Kier alpha value is -1.85. The van der Waals surface area contributed by atoms with Gasteiger partial charge in [-0.3, -0.25) is 4.79 Å². The molecule has 1 saturated heterocycles. The molecular weight excluding hydrogens is 294 g/mol. The second-order valence-corrected chi connectivity index (χ2v) is 6.52. The third-order valence-corrected chi connectivity index (χ3v) is 5.09. The largest absolute Gasteiger partial charge is 0.461 e. The van der Waals surface area contributed by atoms with Gasteiger partial charge in [-0.15, -0.1) is 0 Å². The van der Waals surface area contributed by atoms with Gasteiger partial charge in [0.1, 0.15) is 11.3 Å². The molecule has 1 amide bonds. The van der Waals surface area contributed by atoms with Crippen molar-refractivity contribution >= 4 is 16.9 Å². The van der Waals surface area contributed by atoms with Crippen molar-refractivity contribution in [3.05, 3.63) is 35.6 Å². The summed E-state index contributed by atoms with van der Waals surface area (Å²) < 4.78 is 16.6. The van der Waals surface area contributed by atoms with Crippen LogP contribution in [0.5, 0.6) is 0 Å². The van der Waals surface area contributed by atoms with E-state index in [-0.39, 0.29) is 24.0 Å². The number of furan rings is 1. The van der Waals surface area contributed by atoms with Crippen LogP contribution in [0.25, 0.3) is 11.0 Å².